The van der Waals surface area contributed by atoms with Gasteiger partial charge in [-0.1, -0.05) is 25.7 Å². The predicted octanol–water partition coefficient (Wildman–Crippen LogP) is 2.25. The van der Waals surface area contributed by atoms with E-state index < -0.39 is 0 Å². The van der Waals surface area contributed by atoms with Crippen LogP contribution in [0.1, 0.15) is 57.8 Å². The van der Waals surface area contributed by atoms with Crippen molar-refractivity contribution in [3.63, 3.8) is 0 Å². The van der Waals surface area contributed by atoms with Crippen molar-refractivity contribution in [2.45, 2.75) is 63.8 Å². The quantitative estimate of drug-likeness (QED) is 0.628. The summed E-state index contributed by atoms with van der Waals surface area (Å²) in [6, 6.07) is 0.445. The standard InChI is InChI=1S/C14H27N2O/c15-14-8-11-16(12-9-14)10-6-4-2-1-3-5-7-13-17/h14H,1-12,15H2. The normalized spacial score (nSPS) is 18.4. The molecule has 1 radical (unpaired) electrons. The molecule has 0 aromatic heterocycles. The van der Waals surface area contributed by atoms with Crippen molar-refractivity contribution < 1.29 is 4.79 Å². The van der Waals surface area contributed by atoms with Crippen LogP contribution in [0.2, 0.25) is 0 Å². The highest BCUT2D eigenvalue weighted by Crippen LogP contribution is 2.11. The average molecular weight is 239 g/mol. The molecule has 1 rings (SSSR count). The molecular weight excluding hydrogens is 212 g/mol. The summed E-state index contributed by atoms with van der Waals surface area (Å²) >= 11 is 0. The van der Waals surface area contributed by atoms with Gasteiger partial charge in [-0.05, 0) is 45.3 Å². The highest BCUT2D eigenvalue weighted by atomic mass is 16.1. The first kappa shape index (κ1) is 14.7. The van der Waals surface area contributed by atoms with Crippen LogP contribution in [-0.2, 0) is 4.79 Å². The van der Waals surface area contributed by atoms with Crippen molar-refractivity contribution in [1.82, 2.24) is 4.90 Å². The molecule has 17 heavy (non-hydrogen) atoms. The van der Waals surface area contributed by atoms with Crippen LogP contribution >= 0.6 is 0 Å². The molecule has 1 aliphatic rings. The van der Waals surface area contributed by atoms with E-state index in [4.69, 9.17) is 5.73 Å². The zero-order chi connectivity index (χ0) is 12.3. The molecule has 1 heterocycles. The number of nitrogens with two attached hydrogens (primary N) is 1. The topological polar surface area (TPSA) is 46.3 Å². The van der Waals surface area contributed by atoms with E-state index in [1.807, 2.05) is 6.29 Å². The van der Waals surface area contributed by atoms with E-state index in [2.05, 4.69) is 4.90 Å². The van der Waals surface area contributed by atoms with Crippen molar-refractivity contribution >= 4 is 6.29 Å². The Morgan fingerprint density at radius 3 is 2.24 bits per heavy atom. The van der Waals surface area contributed by atoms with Crippen molar-refractivity contribution in [2.24, 2.45) is 5.73 Å². The summed E-state index contributed by atoms with van der Waals surface area (Å²) in [6.07, 6.45) is 12.3. The van der Waals surface area contributed by atoms with E-state index in [1.165, 1.54) is 64.6 Å². The Kier molecular flexibility index (Phi) is 8.28. The van der Waals surface area contributed by atoms with Gasteiger partial charge in [-0.2, -0.15) is 0 Å². The van der Waals surface area contributed by atoms with Crippen molar-refractivity contribution in [2.75, 3.05) is 19.6 Å². The molecule has 1 fully saturated rings. The van der Waals surface area contributed by atoms with Crippen molar-refractivity contribution in [3.05, 3.63) is 0 Å². The summed E-state index contributed by atoms with van der Waals surface area (Å²) in [5, 5.41) is 0. The molecular formula is C14H27N2O. The average Bonchev–Trinajstić information content (AvgIpc) is 2.35. The van der Waals surface area contributed by atoms with E-state index in [-0.39, 0.29) is 0 Å². The fraction of sp³-hybridized carbons (Fsp3) is 0.929. The Balaban J connectivity index is 1.82. The lowest BCUT2D eigenvalue weighted by molar-refractivity contribution is 0.209. The molecule has 99 valence electrons. The molecule has 2 N–H and O–H groups in total. The van der Waals surface area contributed by atoms with Crippen LogP contribution in [0.4, 0.5) is 0 Å². The SMILES string of the molecule is NC1CCN(CCCCCCCC[C]=O)CC1. The smallest absolute Gasteiger partial charge is 0.198 e. The molecule has 0 aromatic rings. The zero-order valence-corrected chi connectivity index (χ0v) is 11.0. The summed E-state index contributed by atoms with van der Waals surface area (Å²) in [7, 11) is 0. The van der Waals surface area contributed by atoms with Crippen LogP contribution in [0.25, 0.3) is 0 Å². The summed E-state index contributed by atoms with van der Waals surface area (Å²) in [4.78, 5) is 12.5. The van der Waals surface area contributed by atoms with E-state index in [1.54, 1.807) is 0 Å². The van der Waals surface area contributed by atoms with Gasteiger partial charge in [-0.15, -0.1) is 0 Å². The number of hydrogen-bond donors (Lipinski definition) is 1. The highest BCUT2D eigenvalue weighted by Gasteiger charge is 2.14. The van der Waals surface area contributed by atoms with Gasteiger partial charge >= 0.3 is 0 Å². The van der Waals surface area contributed by atoms with Gasteiger partial charge in [-0.25, -0.2) is 0 Å². The van der Waals surface area contributed by atoms with Crippen LogP contribution < -0.4 is 5.73 Å². The molecule has 1 saturated heterocycles. The first-order valence-electron chi connectivity index (χ1n) is 7.16. The van der Waals surface area contributed by atoms with Gasteiger partial charge in [0.25, 0.3) is 0 Å². The Morgan fingerprint density at radius 1 is 1.00 bits per heavy atom. The minimum absolute atomic E-state index is 0.445. The van der Waals surface area contributed by atoms with Gasteiger partial charge in [0.15, 0.2) is 6.29 Å². The summed E-state index contributed by atoms with van der Waals surface area (Å²) < 4.78 is 0. The van der Waals surface area contributed by atoms with Gasteiger partial charge in [0.1, 0.15) is 0 Å². The molecule has 0 aliphatic carbocycles. The number of rotatable bonds is 9. The molecule has 3 heteroatoms. The van der Waals surface area contributed by atoms with Crippen molar-refractivity contribution in [1.29, 1.82) is 0 Å². The number of nitrogens with zero attached hydrogens (tertiary/aromatic N) is 1. The summed E-state index contributed by atoms with van der Waals surface area (Å²) in [6.45, 7) is 3.63. The van der Waals surface area contributed by atoms with Crippen LogP contribution in [0.15, 0.2) is 0 Å². The van der Waals surface area contributed by atoms with Crippen molar-refractivity contribution in [3.8, 4) is 0 Å². The minimum Gasteiger partial charge on any atom is -0.328 e. The molecule has 0 spiro atoms. The molecule has 1 aliphatic heterocycles. The Hall–Kier alpha value is -0.410. The fourth-order valence-corrected chi connectivity index (χ4v) is 2.42. The second-order valence-corrected chi connectivity index (χ2v) is 5.19. The van der Waals surface area contributed by atoms with Crippen LogP contribution in [0.3, 0.4) is 0 Å². The summed E-state index contributed by atoms with van der Waals surface area (Å²) in [5.41, 5.74) is 5.88. The third kappa shape index (κ3) is 7.50. The van der Waals surface area contributed by atoms with E-state index in [0.29, 0.717) is 12.5 Å². The van der Waals surface area contributed by atoms with Crippen LogP contribution in [0, 0.1) is 0 Å². The second kappa shape index (κ2) is 9.60. The third-order valence-electron chi connectivity index (χ3n) is 3.64. The number of unbranched alkanes of at least 4 members (excludes halogenated alkanes) is 6. The van der Waals surface area contributed by atoms with Gasteiger partial charge in [0.2, 0.25) is 0 Å². The largest absolute Gasteiger partial charge is 0.328 e. The Labute approximate surface area is 106 Å². The van der Waals surface area contributed by atoms with Crippen LogP contribution in [0.5, 0.6) is 0 Å². The molecule has 0 atom stereocenters. The lowest BCUT2D eigenvalue weighted by Gasteiger charge is -2.29. The first-order valence-corrected chi connectivity index (χ1v) is 7.16. The molecule has 0 unspecified atom stereocenters. The van der Waals surface area contributed by atoms with Gasteiger partial charge < -0.3 is 10.6 Å². The maximum Gasteiger partial charge on any atom is 0.198 e. The van der Waals surface area contributed by atoms with E-state index >= 15 is 0 Å². The second-order valence-electron chi connectivity index (χ2n) is 5.19. The van der Waals surface area contributed by atoms with Crippen LogP contribution in [-0.4, -0.2) is 36.9 Å². The van der Waals surface area contributed by atoms with Gasteiger partial charge in [-0.3, -0.25) is 4.79 Å². The predicted molar refractivity (Wildman–Crippen MR) is 71.7 cm³/mol. The Morgan fingerprint density at radius 2 is 1.59 bits per heavy atom. The number of carbonyl (C=O) groups excluding carboxylic acids is 1. The minimum atomic E-state index is 0.445. The third-order valence-corrected chi connectivity index (χ3v) is 3.64. The highest BCUT2D eigenvalue weighted by molar-refractivity contribution is 5.50. The molecule has 3 nitrogen and oxygen atoms in total. The maximum atomic E-state index is 10.00. The fourth-order valence-electron chi connectivity index (χ4n) is 2.42. The molecule has 0 aromatic carbocycles. The molecule has 0 saturated carbocycles. The van der Waals surface area contributed by atoms with Gasteiger partial charge in [0, 0.05) is 12.5 Å². The number of piperidine rings is 1. The van der Waals surface area contributed by atoms with Gasteiger partial charge in [0.05, 0.1) is 0 Å². The lowest BCUT2D eigenvalue weighted by atomic mass is 10.1. The van der Waals surface area contributed by atoms with E-state index in [9.17, 15) is 4.79 Å². The lowest BCUT2D eigenvalue weighted by Crippen LogP contribution is -2.39. The Bertz CT molecular complexity index is 189. The number of hydrogen-bond acceptors (Lipinski definition) is 3. The number of likely N-dealkylation sites (tertiary alicyclic amines) is 1. The molecule has 0 bridgehead atoms. The summed E-state index contributed by atoms with van der Waals surface area (Å²) in [5.74, 6) is 0. The van der Waals surface area contributed by atoms with E-state index in [0.717, 1.165) is 6.42 Å². The maximum absolute atomic E-state index is 10.00. The monoisotopic (exact) mass is 239 g/mol. The molecule has 0 amide bonds. The first-order chi connectivity index (χ1) is 8.33. The zero-order valence-electron chi connectivity index (χ0n) is 11.0.